The van der Waals surface area contributed by atoms with Crippen molar-refractivity contribution in [2.24, 2.45) is 0 Å². The normalized spacial score (nSPS) is 10.3. The van der Waals surface area contributed by atoms with Gasteiger partial charge in [0.05, 0.1) is 11.3 Å². The Hall–Kier alpha value is -2.22. The van der Waals surface area contributed by atoms with Crippen molar-refractivity contribution in [3.63, 3.8) is 0 Å². The van der Waals surface area contributed by atoms with Crippen LogP contribution in [0.5, 0.6) is 0 Å². The Morgan fingerprint density at radius 2 is 1.95 bits per heavy atom. The predicted molar refractivity (Wildman–Crippen MR) is 72.9 cm³/mol. The predicted octanol–water partition coefficient (Wildman–Crippen LogP) is 3.15. The summed E-state index contributed by atoms with van der Waals surface area (Å²) in [5.41, 5.74) is 4.72. The molecule has 20 heavy (non-hydrogen) atoms. The Labute approximate surface area is 120 Å². The Bertz CT molecular complexity index is 671. The Morgan fingerprint density at radius 3 is 2.50 bits per heavy atom. The standard InChI is InChI=1S/C12H8BrF2N3O2/c13-5-3-7(14)10(8(15)4-5)18-11-9(16)6(12(19)20)1-2-17-11/h1-4H,16H2,(H,17,18)(H,19,20). The number of nitrogens with zero attached hydrogens (tertiary/aromatic N) is 1. The third kappa shape index (κ3) is 2.69. The summed E-state index contributed by atoms with van der Waals surface area (Å²) >= 11 is 2.95. The molecule has 0 aliphatic rings. The number of anilines is 3. The number of pyridine rings is 1. The zero-order valence-corrected chi connectivity index (χ0v) is 11.4. The molecule has 8 heteroatoms. The van der Waals surface area contributed by atoms with E-state index >= 15 is 0 Å². The molecule has 2 aromatic rings. The molecule has 1 aromatic heterocycles. The number of benzene rings is 1. The van der Waals surface area contributed by atoms with Crippen molar-refractivity contribution in [3.05, 3.63) is 46.1 Å². The molecule has 0 atom stereocenters. The van der Waals surface area contributed by atoms with Gasteiger partial charge >= 0.3 is 5.97 Å². The minimum absolute atomic E-state index is 0.134. The molecule has 0 unspecified atom stereocenters. The van der Waals surface area contributed by atoms with E-state index in [0.717, 1.165) is 12.1 Å². The topological polar surface area (TPSA) is 88.2 Å². The molecule has 0 radical (unpaired) electrons. The lowest BCUT2D eigenvalue weighted by atomic mass is 10.2. The van der Waals surface area contributed by atoms with Gasteiger partial charge in [0.15, 0.2) is 17.5 Å². The number of aromatic nitrogens is 1. The van der Waals surface area contributed by atoms with Crippen molar-refractivity contribution in [2.45, 2.75) is 0 Å². The van der Waals surface area contributed by atoms with Crippen LogP contribution in [0.15, 0.2) is 28.9 Å². The van der Waals surface area contributed by atoms with Crippen molar-refractivity contribution >= 4 is 39.1 Å². The van der Waals surface area contributed by atoms with E-state index in [0.29, 0.717) is 0 Å². The van der Waals surface area contributed by atoms with Gasteiger partial charge in [-0.15, -0.1) is 0 Å². The highest BCUT2D eigenvalue weighted by molar-refractivity contribution is 9.10. The van der Waals surface area contributed by atoms with Gasteiger partial charge in [0.1, 0.15) is 5.69 Å². The molecular weight excluding hydrogens is 336 g/mol. The van der Waals surface area contributed by atoms with E-state index < -0.39 is 23.3 Å². The van der Waals surface area contributed by atoms with Gasteiger partial charge in [-0.25, -0.2) is 18.6 Å². The first-order valence-corrected chi connectivity index (χ1v) is 6.08. The first kappa shape index (κ1) is 14.2. The van der Waals surface area contributed by atoms with E-state index in [1.807, 2.05) is 0 Å². The molecule has 1 aromatic carbocycles. The van der Waals surface area contributed by atoms with Crippen molar-refractivity contribution in [1.82, 2.24) is 4.98 Å². The van der Waals surface area contributed by atoms with Crippen LogP contribution in [0.3, 0.4) is 0 Å². The second-order valence-corrected chi connectivity index (χ2v) is 4.71. The SMILES string of the molecule is Nc1c(C(=O)O)ccnc1Nc1c(F)cc(Br)cc1F. The Morgan fingerprint density at radius 1 is 1.35 bits per heavy atom. The molecular formula is C12H8BrF2N3O2. The van der Waals surface area contributed by atoms with E-state index in [1.165, 1.54) is 12.3 Å². The monoisotopic (exact) mass is 343 g/mol. The van der Waals surface area contributed by atoms with Gasteiger partial charge in [-0.3, -0.25) is 0 Å². The van der Waals surface area contributed by atoms with Gasteiger partial charge in [0.2, 0.25) is 0 Å². The van der Waals surface area contributed by atoms with Gasteiger partial charge in [-0.05, 0) is 18.2 Å². The van der Waals surface area contributed by atoms with E-state index in [9.17, 15) is 13.6 Å². The fourth-order valence-electron chi connectivity index (χ4n) is 1.54. The van der Waals surface area contributed by atoms with Crippen LogP contribution < -0.4 is 11.1 Å². The van der Waals surface area contributed by atoms with Crippen LogP contribution >= 0.6 is 15.9 Å². The molecule has 0 aliphatic carbocycles. The first-order chi connectivity index (χ1) is 9.40. The number of aromatic carboxylic acids is 1. The minimum atomic E-state index is -1.26. The second-order valence-electron chi connectivity index (χ2n) is 3.80. The summed E-state index contributed by atoms with van der Waals surface area (Å²) in [7, 11) is 0. The van der Waals surface area contributed by atoms with Crippen LogP contribution in [0.2, 0.25) is 0 Å². The summed E-state index contributed by atoms with van der Waals surface area (Å²) < 4.78 is 27.6. The van der Waals surface area contributed by atoms with Crippen molar-refractivity contribution in [1.29, 1.82) is 0 Å². The van der Waals surface area contributed by atoms with Gasteiger partial charge in [-0.2, -0.15) is 0 Å². The zero-order valence-electron chi connectivity index (χ0n) is 9.82. The van der Waals surface area contributed by atoms with Gasteiger partial charge in [0, 0.05) is 10.7 Å². The van der Waals surface area contributed by atoms with Crippen molar-refractivity contribution < 1.29 is 18.7 Å². The molecule has 4 N–H and O–H groups in total. The number of nitrogens with one attached hydrogen (secondary N) is 1. The smallest absolute Gasteiger partial charge is 0.337 e. The molecule has 0 spiro atoms. The van der Waals surface area contributed by atoms with Crippen LogP contribution in [0.4, 0.5) is 26.0 Å². The maximum atomic E-state index is 13.7. The van der Waals surface area contributed by atoms with Crippen LogP contribution in [-0.4, -0.2) is 16.1 Å². The minimum Gasteiger partial charge on any atom is -0.478 e. The third-order valence-electron chi connectivity index (χ3n) is 2.47. The van der Waals surface area contributed by atoms with Crippen LogP contribution in [0.25, 0.3) is 0 Å². The molecule has 5 nitrogen and oxygen atoms in total. The second kappa shape index (κ2) is 5.41. The summed E-state index contributed by atoms with van der Waals surface area (Å²) in [4.78, 5) is 14.7. The first-order valence-electron chi connectivity index (χ1n) is 5.29. The van der Waals surface area contributed by atoms with Crippen LogP contribution in [0, 0.1) is 11.6 Å². The quantitative estimate of drug-likeness (QED) is 0.796. The van der Waals surface area contributed by atoms with Crippen molar-refractivity contribution in [2.75, 3.05) is 11.1 Å². The molecule has 2 rings (SSSR count). The average molecular weight is 344 g/mol. The number of nitrogen functional groups attached to an aromatic ring is 1. The van der Waals surface area contributed by atoms with Gasteiger partial charge < -0.3 is 16.2 Å². The summed E-state index contributed by atoms with van der Waals surface area (Å²) in [5, 5.41) is 11.3. The molecule has 0 aliphatic heterocycles. The number of halogens is 3. The highest BCUT2D eigenvalue weighted by Gasteiger charge is 2.16. The van der Waals surface area contributed by atoms with Gasteiger partial charge in [-0.1, -0.05) is 15.9 Å². The average Bonchev–Trinajstić information content (AvgIpc) is 2.35. The van der Waals surface area contributed by atoms with E-state index in [2.05, 4.69) is 26.2 Å². The van der Waals surface area contributed by atoms with Gasteiger partial charge in [0.25, 0.3) is 0 Å². The van der Waals surface area contributed by atoms with Crippen molar-refractivity contribution in [3.8, 4) is 0 Å². The summed E-state index contributed by atoms with van der Waals surface area (Å²) in [6, 6.07) is 3.31. The maximum absolute atomic E-state index is 13.7. The number of carbonyl (C=O) groups is 1. The fraction of sp³-hybridized carbons (Fsp3) is 0. The Kier molecular flexibility index (Phi) is 3.84. The molecule has 0 saturated carbocycles. The van der Waals surface area contributed by atoms with E-state index in [4.69, 9.17) is 10.8 Å². The molecule has 0 amide bonds. The fourth-order valence-corrected chi connectivity index (χ4v) is 1.94. The van der Waals surface area contributed by atoms with Crippen LogP contribution in [-0.2, 0) is 0 Å². The number of hydrogen-bond acceptors (Lipinski definition) is 4. The largest absolute Gasteiger partial charge is 0.478 e. The molecule has 0 saturated heterocycles. The third-order valence-corrected chi connectivity index (χ3v) is 2.93. The zero-order chi connectivity index (χ0) is 14.9. The van der Waals surface area contributed by atoms with E-state index in [1.54, 1.807) is 0 Å². The number of hydrogen-bond donors (Lipinski definition) is 3. The number of carboxylic acids is 1. The highest BCUT2D eigenvalue weighted by Crippen LogP contribution is 2.29. The number of rotatable bonds is 3. The lowest BCUT2D eigenvalue weighted by Gasteiger charge is -2.11. The molecule has 1 heterocycles. The Balaban J connectivity index is 2.46. The summed E-state index contributed by atoms with van der Waals surface area (Å²) in [6.07, 6.45) is 1.18. The molecule has 0 bridgehead atoms. The number of carboxylic acid groups (broad SMARTS) is 1. The highest BCUT2D eigenvalue weighted by atomic mass is 79.9. The molecule has 104 valence electrons. The number of nitrogens with two attached hydrogens (primary N) is 1. The molecule has 0 fully saturated rings. The van der Waals surface area contributed by atoms with E-state index in [-0.39, 0.29) is 21.5 Å². The lowest BCUT2D eigenvalue weighted by Crippen LogP contribution is -2.08. The van der Waals surface area contributed by atoms with Crippen LogP contribution in [0.1, 0.15) is 10.4 Å². The summed E-state index contributed by atoms with van der Waals surface area (Å²) in [6.45, 7) is 0. The maximum Gasteiger partial charge on any atom is 0.337 e. The lowest BCUT2D eigenvalue weighted by molar-refractivity contribution is 0.0698. The summed E-state index contributed by atoms with van der Waals surface area (Å²) in [5.74, 6) is -3.12.